The van der Waals surface area contributed by atoms with Crippen molar-refractivity contribution in [1.29, 1.82) is 0 Å². The molecule has 4 nitrogen and oxygen atoms in total. The number of rotatable bonds is 4. The lowest BCUT2D eigenvalue weighted by Crippen LogP contribution is -2.12. The number of pyridine rings is 1. The monoisotopic (exact) mass is 273 g/mol. The third kappa shape index (κ3) is 3.00. The Labute approximate surface area is 117 Å². The van der Waals surface area contributed by atoms with Gasteiger partial charge in [0, 0.05) is 17.4 Å². The first-order valence-corrected chi connectivity index (χ1v) is 6.18. The summed E-state index contributed by atoms with van der Waals surface area (Å²) in [6.07, 6.45) is 3.37. The molecule has 0 amide bonds. The molecule has 1 aromatic heterocycles. The third-order valence-corrected chi connectivity index (χ3v) is 3.01. The van der Waals surface area contributed by atoms with Crippen LogP contribution in [0, 0.1) is 6.92 Å². The molecule has 0 radical (unpaired) electrons. The Morgan fingerprint density at radius 2 is 2.11 bits per heavy atom. The molecule has 1 heterocycles. The van der Waals surface area contributed by atoms with Crippen LogP contribution in [0.5, 0.6) is 5.75 Å². The Kier molecular flexibility index (Phi) is 3.97. The molecule has 2 aromatic rings. The number of aromatic nitrogens is 1. The average molecular weight is 273 g/mol. The van der Waals surface area contributed by atoms with Crippen LogP contribution in [-0.2, 0) is 0 Å². The molecule has 19 heavy (non-hydrogen) atoms. The molecule has 2 rings (SSSR count). The zero-order valence-electron chi connectivity index (χ0n) is 10.8. The molecule has 0 spiro atoms. The molecular weight excluding hydrogens is 258 g/mol. The molecule has 0 aliphatic carbocycles. The van der Waals surface area contributed by atoms with Gasteiger partial charge in [0.05, 0.1) is 19.0 Å². The summed E-state index contributed by atoms with van der Waals surface area (Å²) in [7, 11) is 1.65. The summed E-state index contributed by atoms with van der Waals surface area (Å²) < 4.78 is 5.18. The lowest BCUT2D eigenvalue weighted by Gasteiger charge is -2.13. The van der Waals surface area contributed by atoms with Gasteiger partial charge in [-0.25, -0.2) is 0 Å². The van der Waals surface area contributed by atoms with Gasteiger partial charge in [0.1, 0.15) is 10.7 Å². The van der Waals surface area contributed by atoms with E-state index in [1.807, 2.05) is 25.1 Å². The SMILES string of the molecule is COc1ccc(Nc2cnccc2C(N)=S)c(C)c1. The van der Waals surface area contributed by atoms with E-state index < -0.39 is 0 Å². The number of anilines is 2. The van der Waals surface area contributed by atoms with Gasteiger partial charge in [-0.1, -0.05) is 12.2 Å². The summed E-state index contributed by atoms with van der Waals surface area (Å²) in [4.78, 5) is 4.43. The van der Waals surface area contributed by atoms with Crippen LogP contribution in [0.15, 0.2) is 36.7 Å². The highest BCUT2D eigenvalue weighted by atomic mass is 32.1. The molecule has 0 bridgehead atoms. The molecule has 3 N–H and O–H groups in total. The number of hydrogen-bond donors (Lipinski definition) is 2. The topological polar surface area (TPSA) is 60.2 Å². The largest absolute Gasteiger partial charge is 0.497 e. The maximum atomic E-state index is 5.70. The van der Waals surface area contributed by atoms with Crippen LogP contribution < -0.4 is 15.8 Å². The Hall–Kier alpha value is -2.14. The van der Waals surface area contributed by atoms with Gasteiger partial charge < -0.3 is 15.8 Å². The van der Waals surface area contributed by atoms with E-state index in [2.05, 4.69) is 10.3 Å². The van der Waals surface area contributed by atoms with E-state index in [1.54, 1.807) is 25.6 Å². The van der Waals surface area contributed by atoms with Crippen molar-refractivity contribution in [3.05, 3.63) is 47.8 Å². The average Bonchev–Trinajstić information content (AvgIpc) is 2.41. The lowest BCUT2D eigenvalue weighted by atomic mass is 10.1. The minimum absolute atomic E-state index is 0.344. The molecule has 0 fully saturated rings. The van der Waals surface area contributed by atoms with E-state index in [0.29, 0.717) is 4.99 Å². The fourth-order valence-electron chi connectivity index (χ4n) is 1.76. The molecule has 1 aromatic carbocycles. The second-order valence-corrected chi connectivity index (χ2v) is 4.53. The zero-order valence-corrected chi connectivity index (χ0v) is 11.6. The first-order chi connectivity index (χ1) is 9.11. The normalized spacial score (nSPS) is 10.0. The summed E-state index contributed by atoms with van der Waals surface area (Å²) in [6.45, 7) is 2.00. The Bertz CT molecular complexity index is 613. The van der Waals surface area contributed by atoms with Crippen molar-refractivity contribution >= 4 is 28.6 Å². The van der Waals surface area contributed by atoms with Crippen molar-refractivity contribution in [3.8, 4) is 5.75 Å². The molecular formula is C14H15N3OS. The number of benzene rings is 1. The van der Waals surface area contributed by atoms with E-state index >= 15 is 0 Å². The van der Waals surface area contributed by atoms with Crippen LogP contribution in [0.2, 0.25) is 0 Å². The molecule has 0 atom stereocenters. The number of thiocarbonyl (C=S) groups is 1. The lowest BCUT2D eigenvalue weighted by molar-refractivity contribution is 0.414. The zero-order chi connectivity index (χ0) is 13.8. The fourth-order valence-corrected chi connectivity index (χ4v) is 1.94. The molecule has 0 aliphatic heterocycles. The number of aryl methyl sites for hydroxylation is 1. The smallest absolute Gasteiger partial charge is 0.119 e. The van der Waals surface area contributed by atoms with Crippen molar-refractivity contribution in [1.82, 2.24) is 4.98 Å². The minimum Gasteiger partial charge on any atom is -0.497 e. The van der Waals surface area contributed by atoms with E-state index in [1.165, 1.54) is 0 Å². The molecule has 98 valence electrons. The summed E-state index contributed by atoms with van der Waals surface area (Å²) >= 11 is 5.03. The minimum atomic E-state index is 0.344. The second kappa shape index (κ2) is 5.67. The van der Waals surface area contributed by atoms with Crippen molar-refractivity contribution in [2.75, 3.05) is 12.4 Å². The third-order valence-electron chi connectivity index (χ3n) is 2.79. The number of methoxy groups -OCH3 is 1. The van der Waals surface area contributed by atoms with Gasteiger partial charge in [-0.3, -0.25) is 4.98 Å². The summed E-state index contributed by atoms with van der Waals surface area (Å²) in [5, 5.41) is 3.29. The number of ether oxygens (including phenoxy) is 1. The second-order valence-electron chi connectivity index (χ2n) is 4.09. The summed E-state index contributed by atoms with van der Waals surface area (Å²) in [5.41, 5.74) is 9.30. The first-order valence-electron chi connectivity index (χ1n) is 5.77. The van der Waals surface area contributed by atoms with E-state index in [0.717, 1.165) is 28.3 Å². The maximum Gasteiger partial charge on any atom is 0.119 e. The van der Waals surface area contributed by atoms with Crippen LogP contribution >= 0.6 is 12.2 Å². The summed E-state index contributed by atoms with van der Waals surface area (Å²) in [6, 6.07) is 7.60. The molecule has 5 heteroatoms. The van der Waals surface area contributed by atoms with Gasteiger partial charge in [-0.05, 0) is 36.8 Å². The van der Waals surface area contributed by atoms with Gasteiger partial charge in [0.25, 0.3) is 0 Å². The highest BCUT2D eigenvalue weighted by Crippen LogP contribution is 2.25. The maximum absolute atomic E-state index is 5.70. The highest BCUT2D eigenvalue weighted by molar-refractivity contribution is 7.80. The Morgan fingerprint density at radius 1 is 1.32 bits per heavy atom. The highest BCUT2D eigenvalue weighted by Gasteiger charge is 2.07. The first kappa shape index (κ1) is 13.3. The van der Waals surface area contributed by atoms with Gasteiger partial charge in [-0.15, -0.1) is 0 Å². The van der Waals surface area contributed by atoms with Crippen LogP contribution in [0.25, 0.3) is 0 Å². The van der Waals surface area contributed by atoms with Gasteiger partial charge in [0.15, 0.2) is 0 Å². The van der Waals surface area contributed by atoms with Crippen molar-refractivity contribution < 1.29 is 4.74 Å². The van der Waals surface area contributed by atoms with E-state index in [9.17, 15) is 0 Å². The fraction of sp³-hybridized carbons (Fsp3) is 0.143. The molecule has 0 saturated carbocycles. The number of hydrogen-bond acceptors (Lipinski definition) is 4. The van der Waals surface area contributed by atoms with Crippen molar-refractivity contribution in [3.63, 3.8) is 0 Å². The molecule has 0 aliphatic rings. The van der Waals surface area contributed by atoms with Gasteiger partial charge in [0.2, 0.25) is 0 Å². The predicted octanol–water partition coefficient (Wildman–Crippen LogP) is 2.78. The molecule has 0 unspecified atom stereocenters. The summed E-state index contributed by atoms with van der Waals surface area (Å²) in [5.74, 6) is 0.823. The Morgan fingerprint density at radius 3 is 2.74 bits per heavy atom. The van der Waals surface area contributed by atoms with Crippen LogP contribution in [0.3, 0.4) is 0 Å². The predicted molar refractivity (Wildman–Crippen MR) is 81.1 cm³/mol. The van der Waals surface area contributed by atoms with Gasteiger partial charge in [-0.2, -0.15) is 0 Å². The molecule has 0 saturated heterocycles. The van der Waals surface area contributed by atoms with Crippen LogP contribution in [-0.4, -0.2) is 17.1 Å². The standard InChI is InChI=1S/C14H15N3OS/c1-9-7-10(18-2)3-4-12(9)17-13-8-16-6-5-11(13)14(15)19/h3-8,17H,1-2H3,(H2,15,19). The van der Waals surface area contributed by atoms with Crippen molar-refractivity contribution in [2.45, 2.75) is 6.92 Å². The number of nitrogens with one attached hydrogen (secondary N) is 1. The van der Waals surface area contributed by atoms with Crippen LogP contribution in [0.1, 0.15) is 11.1 Å². The van der Waals surface area contributed by atoms with Crippen LogP contribution in [0.4, 0.5) is 11.4 Å². The number of nitrogens with two attached hydrogens (primary N) is 1. The number of nitrogens with zero attached hydrogens (tertiary/aromatic N) is 1. The van der Waals surface area contributed by atoms with E-state index in [-0.39, 0.29) is 0 Å². The quantitative estimate of drug-likeness (QED) is 0.839. The van der Waals surface area contributed by atoms with Crippen molar-refractivity contribution in [2.24, 2.45) is 5.73 Å². The van der Waals surface area contributed by atoms with Gasteiger partial charge >= 0.3 is 0 Å². The Balaban J connectivity index is 2.34. The van der Waals surface area contributed by atoms with E-state index in [4.69, 9.17) is 22.7 Å².